The average Bonchev–Trinajstić information content (AvgIpc) is 2.65. The van der Waals surface area contributed by atoms with E-state index >= 15 is 0 Å². The number of hydrogen-bond acceptors (Lipinski definition) is 4. The number of amides is 1. The lowest BCUT2D eigenvalue weighted by Gasteiger charge is -2.17. The second kappa shape index (κ2) is 4.38. The number of carbonyl (C=O) groups excluding carboxylic acids is 1. The molecule has 0 radical (unpaired) electrons. The number of carbonyl (C=O) groups is 1. The van der Waals surface area contributed by atoms with Gasteiger partial charge in [-0.3, -0.25) is 4.79 Å². The molecule has 16 heavy (non-hydrogen) atoms. The Kier molecular flexibility index (Phi) is 2.94. The minimum Gasteiger partial charge on any atom is -0.384 e. The van der Waals surface area contributed by atoms with Crippen molar-refractivity contribution in [2.24, 2.45) is 0 Å². The smallest absolute Gasteiger partial charge is 0.217 e. The molecule has 1 unspecified atom stereocenters. The molecule has 86 valence electrons. The van der Waals surface area contributed by atoms with Gasteiger partial charge in [0.05, 0.1) is 0 Å². The van der Waals surface area contributed by atoms with Crippen LogP contribution in [-0.4, -0.2) is 30.0 Å². The van der Waals surface area contributed by atoms with E-state index in [0.29, 0.717) is 5.82 Å². The van der Waals surface area contributed by atoms with Crippen LogP contribution < -0.4 is 16.0 Å². The molecule has 0 bridgehead atoms. The summed E-state index contributed by atoms with van der Waals surface area (Å²) in [6, 6.07) is 5.82. The fourth-order valence-corrected chi connectivity index (χ4v) is 1.99. The highest BCUT2D eigenvalue weighted by Crippen LogP contribution is 2.18. The van der Waals surface area contributed by atoms with E-state index in [0.717, 1.165) is 25.3 Å². The van der Waals surface area contributed by atoms with E-state index in [-0.39, 0.29) is 11.9 Å². The van der Waals surface area contributed by atoms with Gasteiger partial charge < -0.3 is 16.0 Å². The number of nitrogens with two attached hydrogens (primary N) is 1. The molecule has 1 aliphatic rings. The number of rotatable bonds is 2. The van der Waals surface area contributed by atoms with Crippen LogP contribution in [-0.2, 0) is 4.79 Å². The fourth-order valence-electron chi connectivity index (χ4n) is 1.99. The monoisotopic (exact) mass is 220 g/mol. The van der Waals surface area contributed by atoms with Crippen LogP contribution in [0.25, 0.3) is 0 Å². The lowest BCUT2D eigenvalue weighted by Crippen LogP contribution is -2.35. The first-order chi connectivity index (χ1) is 7.65. The van der Waals surface area contributed by atoms with Gasteiger partial charge in [0, 0.05) is 26.1 Å². The highest BCUT2D eigenvalue weighted by Gasteiger charge is 2.23. The van der Waals surface area contributed by atoms with E-state index in [1.165, 1.54) is 0 Å². The second-order valence-corrected chi connectivity index (χ2v) is 4.05. The molecule has 5 heteroatoms. The average molecular weight is 220 g/mol. The van der Waals surface area contributed by atoms with Gasteiger partial charge in [-0.1, -0.05) is 6.07 Å². The minimum atomic E-state index is 0.0207. The molecule has 0 spiro atoms. The Balaban J connectivity index is 2.00. The molecule has 1 fully saturated rings. The normalized spacial score (nSPS) is 19.8. The fraction of sp³-hybridized carbons (Fsp3) is 0.455. The molecule has 5 nitrogen and oxygen atoms in total. The van der Waals surface area contributed by atoms with Crippen LogP contribution in [0.1, 0.15) is 13.3 Å². The van der Waals surface area contributed by atoms with Crippen LogP contribution in [0, 0.1) is 0 Å². The predicted molar refractivity (Wildman–Crippen MR) is 63.1 cm³/mol. The third-order valence-electron chi connectivity index (χ3n) is 2.68. The van der Waals surface area contributed by atoms with Crippen molar-refractivity contribution in [2.45, 2.75) is 19.4 Å². The van der Waals surface area contributed by atoms with Gasteiger partial charge in [-0.15, -0.1) is 0 Å². The van der Waals surface area contributed by atoms with Gasteiger partial charge in [0.2, 0.25) is 5.91 Å². The number of pyridine rings is 1. The number of aromatic nitrogens is 1. The molecule has 0 saturated carbocycles. The first kappa shape index (κ1) is 10.7. The zero-order valence-electron chi connectivity index (χ0n) is 9.31. The van der Waals surface area contributed by atoms with Crippen LogP contribution >= 0.6 is 0 Å². The third kappa shape index (κ3) is 2.42. The Hall–Kier alpha value is -1.78. The number of nitrogen functional groups attached to an aromatic ring is 1. The molecule has 1 amide bonds. The van der Waals surface area contributed by atoms with Crippen molar-refractivity contribution in [1.29, 1.82) is 0 Å². The molecular formula is C11H16N4O. The lowest BCUT2D eigenvalue weighted by atomic mass is 10.3. The van der Waals surface area contributed by atoms with E-state index in [2.05, 4.69) is 15.2 Å². The third-order valence-corrected chi connectivity index (χ3v) is 2.68. The van der Waals surface area contributed by atoms with Crippen LogP contribution in [0.3, 0.4) is 0 Å². The Morgan fingerprint density at radius 1 is 1.62 bits per heavy atom. The molecule has 1 saturated heterocycles. The number of nitrogens with one attached hydrogen (secondary N) is 1. The molecule has 1 aromatic rings. The number of hydrogen-bond donors (Lipinski definition) is 2. The Morgan fingerprint density at radius 3 is 3.12 bits per heavy atom. The molecule has 0 aromatic carbocycles. The summed E-state index contributed by atoms with van der Waals surface area (Å²) in [5.41, 5.74) is 5.63. The zero-order chi connectivity index (χ0) is 11.5. The van der Waals surface area contributed by atoms with Crippen LogP contribution in [0.5, 0.6) is 0 Å². The molecule has 0 aliphatic carbocycles. The van der Waals surface area contributed by atoms with Crippen molar-refractivity contribution in [3.63, 3.8) is 0 Å². The topological polar surface area (TPSA) is 71.2 Å². The lowest BCUT2D eigenvalue weighted by molar-refractivity contribution is -0.119. The summed E-state index contributed by atoms with van der Waals surface area (Å²) in [5.74, 6) is 1.43. The van der Waals surface area contributed by atoms with Crippen molar-refractivity contribution in [1.82, 2.24) is 10.3 Å². The minimum absolute atomic E-state index is 0.0207. The Labute approximate surface area is 94.6 Å². The summed E-state index contributed by atoms with van der Waals surface area (Å²) in [7, 11) is 0. The van der Waals surface area contributed by atoms with Gasteiger partial charge in [-0.05, 0) is 18.6 Å². The summed E-state index contributed by atoms with van der Waals surface area (Å²) in [5, 5.41) is 2.92. The maximum absolute atomic E-state index is 10.9. The van der Waals surface area contributed by atoms with Gasteiger partial charge in [0.15, 0.2) is 0 Å². The molecule has 2 rings (SSSR count). The SMILES string of the molecule is CC(=O)NC1CCN(c2cccc(N)n2)C1. The van der Waals surface area contributed by atoms with Gasteiger partial charge in [0.1, 0.15) is 11.6 Å². The number of nitrogens with zero attached hydrogens (tertiary/aromatic N) is 2. The van der Waals surface area contributed by atoms with E-state index in [1.807, 2.05) is 12.1 Å². The largest absolute Gasteiger partial charge is 0.384 e. The van der Waals surface area contributed by atoms with Crippen LogP contribution in [0.2, 0.25) is 0 Å². The van der Waals surface area contributed by atoms with Crippen molar-refractivity contribution in [3.8, 4) is 0 Å². The van der Waals surface area contributed by atoms with Gasteiger partial charge in [-0.25, -0.2) is 4.98 Å². The van der Waals surface area contributed by atoms with E-state index in [4.69, 9.17) is 5.73 Å². The predicted octanol–water partition coefficient (Wildman–Crippen LogP) is 0.379. The van der Waals surface area contributed by atoms with E-state index < -0.39 is 0 Å². The summed E-state index contributed by atoms with van der Waals surface area (Å²) in [4.78, 5) is 17.3. The van der Waals surface area contributed by atoms with E-state index in [9.17, 15) is 4.79 Å². The maximum atomic E-state index is 10.9. The molecule has 1 aliphatic heterocycles. The quantitative estimate of drug-likeness (QED) is 0.755. The molecular weight excluding hydrogens is 204 g/mol. The van der Waals surface area contributed by atoms with Gasteiger partial charge in [-0.2, -0.15) is 0 Å². The molecule has 2 heterocycles. The number of anilines is 2. The molecule has 1 atom stereocenters. The zero-order valence-corrected chi connectivity index (χ0v) is 9.31. The summed E-state index contributed by atoms with van der Waals surface area (Å²) in [6.45, 7) is 3.25. The Bertz CT molecular complexity index is 393. The summed E-state index contributed by atoms with van der Waals surface area (Å²) < 4.78 is 0. The first-order valence-corrected chi connectivity index (χ1v) is 5.40. The summed E-state index contributed by atoms with van der Waals surface area (Å²) >= 11 is 0. The summed E-state index contributed by atoms with van der Waals surface area (Å²) in [6.07, 6.45) is 0.954. The maximum Gasteiger partial charge on any atom is 0.217 e. The molecule has 1 aromatic heterocycles. The standard InChI is InChI=1S/C11H16N4O/c1-8(16)13-9-5-6-15(7-9)11-4-2-3-10(12)14-11/h2-4,9H,5-7H2,1H3,(H2,12,14)(H,13,16). The molecule has 3 N–H and O–H groups in total. The van der Waals surface area contributed by atoms with Crippen molar-refractivity contribution in [2.75, 3.05) is 23.7 Å². The van der Waals surface area contributed by atoms with Crippen molar-refractivity contribution < 1.29 is 4.79 Å². The second-order valence-electron chi connectivity index (χ2n) is 4.05. The first-order valence-electron chi connectivity index (χ1n) is 5.40. The Morgan fingerprint density at radius 2 is 2.44 bits per heavy atom. The van der Waals surface area contributed by atoms with Gasteiger partial charge >= 0.3 is 0 Å². The van der Waals surface area contributed by atoms with Gasteiger partial charge in [0.25, 0.3) is 0 Å². The van der Waals surface area contributed by atoms with E-state index in [1.54, 1.807) is 13.0 Å². The highest BCUT2D eigenvalue weighted by atomic mass is 16.1. The van der Waals surface area contributed by atoms with Crippen molar-refractivity contribution in [3.05, 3.63) is 18.2 Å². The van der Waals surface area contributed by atoms with Crippen LogP contribution in [0.15, 0.2) is 18.2 Å². The van der Waals surface area contributed by atoms with Crippen molar-refractivity contribution >= 4 is 17.5 Å². The highest BCUT2D eigenvalue weighted by molar-refractivity contribution is 5.73. The van der Waals surface area contributed by atoms with Crippen LogP contribution in [0.4, 0.5) is 11.6 Å².